The predicted octanol–water partition coefficient (Wildman–Crippen LogP) is 7.36. The number of thioether (sulfide) groups is 1. The van der Waals surface area contributed by atoms with Crippen molar-refractivity contribution >= 4 is 35.0 Å². The van der Waals surface area contributed by atoms with E-state index in [4.69, 9.17) is 9.47 Å². The number of rotatable bonds is 12. The third-order valence-corrected chi connectivity index (χ3v) is 6.17. The number of nitrogens with one attached hydrogen (secondary N) is 2. The Labute approximate surface area is 221 Å². The van der Waals surface area contributed by atoms with Gasteiger partial charge in [0.2, 0.25) is 11.8 Å². The van der Waals surface area contributed by atoms with Crippen molar-refractivity contribution in [3.8, 4) is 23.0 Å². The molecule has 0 aliphatic heterocycles. The smallest absolute Gasteiger partial charge is 0.225 e. The van der Waals surface area contributed by atoms with Gasteiger partial charge in [0.1, 0.15) is 23.0 Å². The number of anilines is 2. The van der Waals surface area contributed by atoms with Crippen molar-refractivity contribution in [1.82, 2.24) is 0 Å². The Hall–Kier alpha value is -4.23. The lowest BCUT2D eigenvalue weighted by Gasteiger charge is -2.09. The molecule has 4 aromatic carbocycles. The first kappa shape index (κ1) is 25.9. The van der Waals surface area contributed by atoms with Gasteiger partial charge in [-0.2, -0.15) is 11.8 Å². The van der Waals surface area contributed by atoms with E-state index in [9.17, 15) is 9.59 Å². The third-order valence-electron chi connectivity index (χ3n) is 5.18. The molecule has 0 heterocycles. The van der Waals surface area contributed by atoms with Gasteiger partial charge < -0.3 is 20.1 Å². The van der Waals surface area contributed by atoms with E-state index in [0.29, 0.717) is 35.8 Å². The summed E-state index contributed by atoms with van der Waals surface area (Å²) in [5, 5.41) is 5.78. The highest BCUT2D eigenvalue weighted by Crippen LogP contribution is 2.24. The molecule has 6 nitrogen and oxygen atoms in total. The van der Waals surface area contributed by atoms with Crippen LogP contribution in [-0.4, -0.2) is 23.3 Å². The normalized spacial score (nSPS) is 10.4. The van der Waals surface area contributed by atoms with Gasteiger partial charge in [-0.15, -0.1) is 0 Å². The molecule has 0 aromatic heterocycles. The molecule has 4 aromatic rings. The number of amides is 2. The van der Waals surface area contributed by atoms with Crippen molar-refractivity contribution in [3.05, 3.63) is 109 Å². The number of benzene rings is 4. The van der Waals surface area contributed by atoms with E-state index < -0.39 is 0 Å². The Bertz CT molecular complexity index is 1160. The fraction of sp³-hybridized carbons (Fsp3) is 0.133. The molecule has 2 amide bonds. The molecule has 7 heteroatoms. The summed E-state index contributed by atoms with van der Waals surface area (Å²) in [7, 11) is 0. The molecule has 0 atom stereocenters. The molecular formula is C30H28N2O4S. The molecule has 0 spiro atoms. The fourth-order valence-electron chi connectivity index (χ4n) is 3.34. The number of hydrogen-bond acceptors (Lipinski definition) is 5. The second-order valence-electron chi connectivity index (χ2n) is 8.09. The second-order valence-corrected chi connectivity index (χ2v) is 9.31. The zero-order chi connectivity index (χ0) is 25.7. The molecular weight excluding hydrogens is 484 g/mol. The molecule has 188 valence electrons. The minimum atomic E-state index is -0.0634. The van der Waals surface area contributed by atoms with Crippen molar-refractivity contribution in [2.75, 3.05) is 22.1 Å². The average molecular weight is 513 g/mol. The van der Waals surface area contributed by atoms with Gasteiger partial charge in [-0.25, -0.2) is 0 Å². The monoisotopic (exact) mass is 512 g/mol. The van der Waals surface area contributed by atoms with E-state index in [1.807, 2.05) is 109 Å². The van der Waals surface area contributed by atoms with Crippen molar-refractivity contribution in [3.63, 3.8) is 0 Å². The van der Waals surface area contributed by atoms with Gasteiger partial charge >= 0.3 is 0 Å². The third kappa shape index (κ3) is 9.05. The maximum atomic E-state index is 12.2. The standard InChI is InChI=1S/C30H28N2O4S/c33-29(31-23-11-15-27(16-12-23)35-25-7-3-1-4-8-25)19-21-37-22-20-30(34)32-24-13-17-28(18-14-24)36-26-9-5-2-6-10-26/h1-18H,19-22H2,(H,31,33)(H,32,34). The van der Waals surface area contributed by atoms with E-state index in [1.165, 1.54) is 0 Å². The van der Waals surface area contributed by atoms with E-state index in [1.54, 1.807) is 11.8 Å². The zero-order valence-corrected chi connectivity index (χ0v) is 21.1. The van der Waals surface area contributed by atoms with Crippen LogP contribution in [0.15, 0.2) is 109 Å². The SMILES string of the molecule is O=C(CCSCCC(=O)Nc1ccc(Oc2ccccc2)cc1)Nc1ccc(Oc2ccccc2)cc1. The molecule has 0 saturated heterocycles. The quantitative estimate of drug-likeness (QED) is 0.194. The highest BCUT2D eigenvalue weighted by Gasteiger charge is 2.06. The van der Waals surface area contributed by atoms with E-state index in [0.717, 1.165) is 22.9 Å². The molecule has 2 N–H and O–H groups in total. The molecule has 0 aliphatic carbocycles. The Morgan fingerprint density at radius 1 is 0.514 bits per heavy atom. The molecule has 0 fully saturated rings. The maximum Gasteiger partial charge on any atom is 0.225 e. The van der Waals surface area contributed by atoms with E-state index >= 15 is 0 Å². The van der Waals surface area contributed by atoms with Crippen molar-refractivity contribution in [1.29, 1.82) is 0 Å². The lowest BCUT2D eigenvalue weighted by atomic mass is 10.3. The van der Waals surface area contributed by atoms with Gasteiger partial charge in [-0.1, -0.05) is 36.4 Å². The van der Waals surface area contributed by atoms with Crippen LogP contribution in [0.2, 0.25) is 0 Å². The van der Waals surface area contributed by atoms with Gasteiger partial charge in [0.25, 0.3) is 0 Å². The van der Waals surface area contributed by atoms with E-state index in [2.05, 4.69) is 10.6 Å². The molecule has 0 radical (unpaired) electrons. The first-order valence-corrected chi connectivity index (χ1v) is 13.1. The minimum Gasteiger partial charge on any atom is -0.457 e. The topological polar surface area (TPSA) is 76.7 Å². The summed E-state index contributed by atoms with van der Waals surface area (Å²) in [6.07, 6.45) is 0.745. The van der Waals surface area contributed by atoms with Crippen LogP contribution in [-0.2, 0) is 9.59 Å². The Morgan fingerprint density at radius 2 is 0.865 bits per heavy atom. The first-order chi connectivity index (χ1) is 18.1. The Balaban J connectivity index is 1.09. The fourth-order valence-corrected chi connectivity index (χ4v) is 4.20. The van der Waals surface area contributed by atoms with Gasteiger partial charge in [-0.3, -0.25) is 9.59 Å². The maximum absolute atomic E-state index is 12.2. The van der Waals surface area contributed by atoms with Crippen LogP contribution >= 0.6 is 11.8 Å². The molecule has 37 heavy (non-hydrogen) atoms. The van der Waals surface area contributed by atoms with Crippen LogP contribution in [0.5, 0.6) is 23.0 Å². The lowest BCUT2D eigenvalue weighted by Crippen LogP contribution is -2.14. The number of carbonyl (C=O) groups is 2. The molecule has 0 bridgehead atoms. The molecule has 4 rings (SSSR count). The van der Waals surface area contributed by atoms with Crippen LogP contribution in [0.1, 0.15) is 12.8 Å². The zero-order valence-electron chi connectivity index (χ0n) is 20.3. The number of carbonyl (C=O) groups excluding carboxylic acids is 2. The summed E-state index contributed by atoms with van der Waals surface area (Å²) in [5.41, 5.74) is 1.44. The minimum absolute atomic E-state index is 0.0634. The van der Waals surface area contributed by atoms with Crippen molar-refractivity contribution < 1.29 is 19.1 Å². The van der Waals surface area contributed by atoms with Gasteiger partial charge in [0.05, 0.1) is 0 Å². The summed E-state index contributed by atoms with van der Waals surface area (Å²) in [6.45, 7) is 0. The average Bonchev–Trinajstić information content (AvgIpc) is 2.92. The molecule has 0 aliphatic rings. The number of hydrogen-bond donors (Lipinski definition) is 2. The summed E-state index contributed by atoms with van der Waals surface area (Å²) in [5.74, 6) is 4.08. The summed E-state index contributed by atoms with van der Waals surface area (Å²) < 4.78 is 11.5. The first-order valence-electron chi connectivity index (χ1n) is 12.0. The van der Waals surface area contributed by atoms with Crippen LogP contribution in [0.25, 0.3) is 0 Å². The van der Waals surface area contributed by atoms with Crippen molar-refractivity contribution in [2.24, 2.45) is 0 Å². The Kier molecular flexibility index (Phi) is 9.61. The summed E-state index contributed by atoms with van der Waals surface area (Å²) in [6, 6.07) is 33.6. The number of para-hydroxylation sites is 2. The van der Waals surface area contributed by atoms with Gasteiger partial charge in [0, 0.05) is 35.7 Å². The summed E-state index contributed by atoms with van der Waals surface area (Å²) >= 11 is 1.58. The summed E-state index contributed by atoms with van der Waals surface area (Å²) in [4.78, 5) is 24.4. The van der Waals surface area contributed by atoms with Gasteiger partial charge in [-0.05, 0) is 72.8 Å². The second kappa shape index (κ2) is 13.8. The highest BCUT2D eigenvalue weighted by molar-refractivity contribution is 7.99. The largest absolute Gasteiger partial charge is 0.457 e. The lowest BCUT2D eigenvalue weighted by molar-refractivity contribution is -0.116. The van der Waals surface area contributed by atoms with Crippen LogP contribution in [0.4, 0.5) is 11.4 Å². The van der Waals surface area contributed by atoms with Crippen LogP contribution in [0.3, 0.4) is 0 Å². The van der Waals surface area contributed by atoms with Gasteiger partial charge in [0.15, 0.2) is 0 Å². The molecule has 0 unspecified atom stereocenters. The Morgan fingerprint density at radius 3 is 1.24 bits per heavy atom. The van der Waals surface area contributed by atoms with Crippen molar-refractivity contribution in [2.45, 2.75) is 12.8 Å². The van der Waals surface area contributed by atoms with Crippen LogP contribution in [0, 0.1) is 0 Å². The highest BCUT2D eigenvalue weighted by atomic mass is 32.2. The number of ether oxygens (including phenoxy) is 2. The van der Waals surface area contributed by atoms with E-state index in [-0.39, 0.29) is 11.8 Å². The van der Waals surface area contributed by atoms with Crippen LogP contribution < -0.4 is 20.1 Å². The predicted molar refractivity (Wildman–Crippen MR) is 150 cm³/mol. The molecule has 0 saturated carbocycles.